The third-order valence-electron chi connectivity index (χ3n) is 3.56. The number of carbonyl (C=O) groups excluding carboxylic acids is 1. The number of rotatable bonds is 1. The number of piperidine rings is 1. The number of benzene rings is 1. The number of anilines is 1. The largest absolute Gasteiger partial charge is 0.444 e. The Balaban J connectivity index is 1.98. The Bertz CT molecular complexity index is 472. The fourth-order valence-electron chi connectivity index (χ4n) is 2.63. The molecule has 0 unspecified atom stereocenters. The third kappa shape index (κ3) is 1.84. The number of carbonyl (C=O) groups is 1. The number of fused-ring (bicyclic) bond motifs is 1. The van der Waals surface area contributed by atoms with Crippen LogP contribution < -0.4 is 10.2 Å². The molecule has 0 atom stereocenters. The molecule has 1 N–H and O–H groups in total. The summed E-state index contributed by atoms with van der Waals surface area (Å²) >= 11 is 0. The van der Waals surface area contributed by atoms with Gasteiger partial charge in [-0.2, -0.15) is 0 Å². The van der Waals surface area contributed by atoms with Crippen molar-refractivity contribution in [1.82, 2.24) is 5.32 Å². The van der Waals surface area contributed by atoms with E-state index in [1.165, 1.54) is 6.07 Å². The maximum absolute atomic E-state index is 13.7. The number of halogens is 1. The molecule has 3 rings (SSSR count). The van der Waals surface area contributed by atoms with Crippen molar-refractivity contribution < 1.29 is 13.9 Å². The van der Waals surface area contributed by atoms with Gasteiger partial charge in [0, 0.05) is 11.6 Å². The van der Waals surface area contributed by atoms with Crippen molar-refractivity contribution in [3.05, 3.63) is 29.6 Å². The Morgan fingerprint density at radius 3 is 2.89 bits per heavy atom. The second-order valence-corrected chi connectivity index (χ2v) is 4.64. The summed E-state index contributed by atoms with van der Waals surface area (Å²) in [6.45, 7) is 1.78. The van der Waals surface area contributed by atoms with E-state index in [1.807, 2.05) is 0 Å². The molecule has 2 aliphatic heterocycles. The molecule has 1 amide bonds. The van der Waals surface area contributed by atoms with Gasteiger partial charge in [-0.1, -0.05) is 6.07 Å². The first-order chi connectivity index (χ1) is 8.77. The van der Waals surface area contributed by atoms with Crippen molar-refractivity contribution in [3.63, 3.8) is 0 Å². The molecule has 1 saturated heterocycles. The average molecular weight is 250 g/mol. The minimum absolute atomic E-state index is 0.0301. The summed E-state index contributed by atoms with van der Waals surface area (Å²) in [5.74, 6) is -0.307. The highest BCUT2D eigenvalue weighted by Gasteiger charge is 2.33. The van der Waals surface area contributed by atoms with Gasteiger partial charge in [-0.05, 0) is 38.1 Å². The molecule has 2 heterocycles. The van der Waals surface area contributed by atoms with Crippen LogP contribution in [0.1, 0.15) is 18.4 Å². The predicted octanol–water partition coefficient (Wildman–Crippen LogP) is 2.03. The van der Waals surface area contributed by atoms with E-state index in [0.717, 1.165) is 25.9 Å². The van der Waals surface area contributed by atoms with E-state index in [9.17, 15) is 9.18 Å². The normalized spacial score (nSPS) is 20.5. The van der Waals surface area contributed by atoms with E-state index >= 15 is 0 Å². The molecule has 0 aliphatic carbocycles. The topological polar surface area (TPSA) is 41.6 Å². The summed E-state index contributed by atoms with van der Waals surface area (Å²) in [5, 5.41) is 3.25. The number of nitrogens with one attached hydrogen (secondary N) is 1. The number of hydrogen-bond donors (Lipinski definition) is 1. The highest BCUT2D eigenvalue weighted by molar-refractivity contribution is 5.91. The molecule has 5 heteroatoms. The van der Waals surface area contributed by atoms with Crippen LogP contribution in [0.25, 0.3) is 0 Å². The Kier molecular flexibility index (Phi) is 2.91. The van der Waals surface area contributed by atoms with Gasteiger partial charge in [-0.25, -0.2) is 9.18 Å². The van der Waals surface area contributed by atoms with Crippen LogP contribution in [0, 0.1) is 5.82 Å². The lowest BCUT2D eigenvalue weighted by molar-refractivity contribution is 0.135. The van der Waals surface area contributed by atoms with Crippen LogP contribution in [0.15, 0.2) is 18.2 Å². The van der Waals surface area contributed by atoms with Gasteiger partial charge in [-0.15, -0.1) is 0 Å². The smallest absolute Gasteiger partial charge is 0.414 e. The molecule has 1 aromatic carbocycles. The molecule has 0 radical (unpaired) electrons. The molecule has 0 saturated carbocycles. The first-order valence-corrected chi connectivity index (χ1v) is 6.21. The molecule has 0 bridgehead atoms. The van der Waals surface area contributed by atoms with Gasteiger partial charge < -0.3 is 10.1 Å². The number of cyclic esters (lactones) is 1. The molecular formula is C13H15FN2O2. The van der Waals surface area contributed by atoms with Crippen molar-refractivity contribution in [1.29, 1.82) is 0 Å². The van der Waals surface area contributed by atoms with Crippen molar-refractivity contribution in [3.8, 4) is 0 Å². The Labute approximate surface area is 105 Å². The highest BCUT2D eigenvalue weighted by Crippen LogP contribution is 2.32. The Morgan fingerprint density at radius 1 is 1.33 bits per heavy atom. The van der Waals surface area contributed by atoms with Crippen LogP contribution in [-0.4, -0.2) is 25.2 Å². The first kappa shape index (κ1) is 11.5. The summed E-state index contributed by atoms with van der Waals surface area (Å²) in [6, 6.07) is 4.93. The molecule has 2 aliphatic rings. The monoisotopic (exact) mass is 250 g/mol. The van der Waals surface area contributed by atoms with E-state index in [1.54, 1.807) is 17.0 Å². The lowest BCUT2D eigenvalue weighted by atomic mass is 10.0. The van der Waals surface area contributed by atoms with Crippen LogP contribution in [-0.2, 0) is 11.3 Å². The summed E-state index contributed by atoms with van der Waals surface area (Å²) < 4.78 is 18.8. The molecular weight excluding hydrogens is 235 g/mol. The van der Waals surface area contributed by atoms with E-state index in [2.05, 4.69) is 5.32 Å². The van der Waals surface area contributed by atoms with Crippen LogP contribution in [0.3, 0.4) is 0 Å². The number of ether oxygens (including phenoxy) is 1. The van der Waals surface area contributed by atoms with Crippen LogP contribution in [0.2, 0.25) is 0 Å². The molecule has 1 fully saturated rings. The second kappa shape index (κ2) is 4.57. The van der Waals surface area contributed by atoms with Crippen LogP contribution >= 0.6 is 0 Å². The van der Waals surface area contributed by atoms with E-state index in [-0.39, 0.29) is 24.6 Å². The standard InChI is InChI=1S/C13H15FN2O2/c14-11-2-1-3-12-10(11)8-18-13(17)16(12)9-4-6-15-7-5-9/h1-3,9,15H,4-8H2. The lowest BCUT2D eigenvalue weighted by Crippen LogP contribution is -2.48. The van der Waals surface area contributed by atoms with Crippen molar-refractivity contribution in [2.24, 2.45) is 0 Å². The highest BCUT2D eigenvalue weighted by atomic mass is 19.1. The molecule has 0 aromatic heterocycles. The van der Waals surface area contributed by atoms with Gasteiger partial charge in [0.05, 0.1) is 5.69 Å². The van der Waals surface area contributed by atoms with Crippen molar-refractivity contribution in [2.75, 3.05) is 18.0 Å². The quantitative estimate of drug-likeness (QED) is 0.829. The van der Waals surface area contributed by atoms with Gasteiger partial charge in [0.15, 0.2) is 0 Å². The van der Waals surface area contributed by atoms with E-state index in [4.69, 9.17) is 4.74 Å². The number of amides is 1. The van der Waals surface area contributed by atoms with E-state index < -0.39 is 0 Å². The maximum atomic E-state index is 13.7. The molecule has 96 valence electrons. The van der Waals surface area contributed by atoms with Crippen LogP contribution in [0.4, 0.5) is 14.9 Å². The zero-order valence-electron chi connectivity index (χ0n) is 9.99. The fourth-order valence-corrected chi connectivity index (χ4v) is 2.63. The van der Waals surface area contributed by atoms with Crippen LogP contribution in [0.5, 0.6) is 0 Å². The predicted molar refractivity (Wildman–Crippen MR) is 65.0 cm³/mol. The molecule has 18 heavy (non-hydrogen) atoms. The fraction of sp³-hybridized carbons (Fsp3) is 0.462. The molecule has 1 aromatic rings. The average Bonchev–Trinajstić information content (AvgIpc) is 2.40. The summed E-state index contributed by atoms with van der Waals surface area (Å²) in [5.41, 5.74) is 1.15. The zero-order chi connectivity index (χ0) is 12.5. The minimum atomic E-state index is -0.361. The zero-order valence-corrected chi connectivity index (χ0v) is 9.99. The first-order valence-electron chi connectivity index (χ1n) is 6.21. The maximum Gasteiger partial charge on any atom is 0.414 e. The molecule has 4 nitrogen and oxygen atoms in total. The minimum Gasteiger partial charge on any atom is -0.444 e. The summed E-state index contributed by atoms with van der Waals surface area (Å²) in [7, 11) is 0. The summed E-state index contributed by atoms with van der Waals surface area (Å²) in [6.07, 6.45) is 1.37. The van der Waals surface area contributed by atoms with Gasteiger partial charge in [-0.3, -0.25) is 4.90 Å². The SMILES string of the molecule is O=C1OCc2c(F)cccc2N1C1CCNCC1. The van der Waals surface area contributed by atoms with Gasteiger partial charge in [0.1, 0.15) is 12.4 Å². The van der Waals surface area contributed by atoms with Crippen molar-refractivity contribution >= 4 is 11.8 Å². The number of nitrogens with zero attached hydrogens (tertiary/aromatic N) is 1. The van der Waals surface area contributed by atoms with Gasteiger partial charge in [0.2, 0.25) is 0 Å². The van der Waals surface area contributed by atoms with Gasteiger partial charge >= 0.3 is 6.09 Å². The Morgan fingerprint density at radius 2 is 2.11 bits per heavy atom. The van der Waals surface area contributed by atoms with Crippen molar-refractivity contribution in [2.45, 2.75) is 25.5 Å². The van der Waals surface area contributed by atoms with E-state index in [0.29, 0.717) is 11.3 Å². The number of hydrogen-bond acceptors (Lipinski definition) is 3. The second-order valence-electron chi connectivity index (χ2n) is 4.64. The Hall–Kier alpha value is -1.62. The lowest BCUT2D eigenvalue weighted by Gasteiger charge is -2.37. The third-order valence-corrected chi connectivity index (χ3v) is 3.56. The summed E-state index contributed by atoms with van der Waals surface area (Å²) in [4.78, 5) is 13.5. The molecule has 0 spiro atoms. The van der Waals surface area contributed by atoms with Gasteiger partial charge in [0.25, 0.3) is 0 Å².